The first kappa shape index (κ1) is 17.1. The maximum Gasteiger partial charge on any atom is 0.376 e. The highest BCUT2D eigenvalue weighted by Gasteiger charge is 2.83. The molecule has 1 heterocycles. The number of carbonyl (C=O) groups excluding carboxylic acids is 4. The minimum absolute atomic E-state index is 0.0974. The number of carbonyl (C=O) groups is 4. The van der Waals surface area contributed by atoms with Gasteiger partial charge in [-0.1, -0.05) is 60.7 Å². The zero-order valence-corrected chi connectivity index (χ0v) is 14.5. The van der Waals surface area contributed by atoms with Crippen LogP contribution in [0.3, 0.4) is 0 Å². The van der Waals surface area contributed by atoms with Crippen molar-refractivity contribution in [3.05, 3.63) is 71.8 Å². The fourth-order valence-corrected chi connectivity index (χ4v) is 4.20. The molecule has 0 bridgehead atoms. The average molecular weight is 364 g/mol. The first-order valence-corrected chi connectivity index (χ1v) is 8.54. The monoisotopic (exact) mass is 364 g/mol. The van der Waals surface area contributed by atoms with Crippen molar-refractivity contribution in [1.82, 2.24) is 0 Å². The van der Waals surface area contributed by atoms with Crippen LogP contribution in [0.25, 0.3) is 0 Å². The van der Waals surface area contributed by atoms with Gasteiger partial charge in [-0.2, -0.15) is 0 Å². The maximum atomic E-state index is 13.4. The summed E-state index contributed by atoms with van der Waals surface area (Å²) in [6, 6.07) is 16.8. The fourth-order valence-electron chi connectivity index (χ4n) is 4.20. The minimum atomic E-state index is -1.74. The summed E-state index contributed by atoms with van der Waals surface area (Å²) in [6.45, 7) is 1.23. The first-order chi connectivity index (χ1) is 12.9. The quantitative estimate of drug-likeness (QED) is 0.358. The molecule has 6 nitrogen and oxygen atoms in total. The normalized spacial score (nSPS) is 28.7. The van der Waals surface area contributed by atoms with E-state index in [1.807, 2.05) is 0 Å². The summed E-state index contributed by atoms with van der Waals surface area (Å²) < 4.78 is 10.9. The maximum absolute atomic E-state index is 13.4. The Morgan fingerprint density at radius 3 is 2.19 bits per heavy atom. The Hall–Kier alpha value is -3.28. The molecule has 2 fully saturated rings. The lowest BCUT2D eigenvalue weighted by Crippen LogP contribution is -2.69. The summed E-state index contributed by atoms with van der Waals surface area (Å²) in [5, 5.41) is 0. The molecule has 2 aliphatic rings. The summed E-state index contributed by atoms with van der Waals surface area (Å²) >= 11 is 0. The SMILES string of the molecule is CC(=O)O[C@@H]1C[C@]2(C(=O)c3ccccc3)C(=O)C(=O)O[C@]12c1ccccc1. The molecule has 0 spiro atoms. The Morgan fingerprint density at radius 1 is 1.00 bits per heavy atom. The molecular formula is C21H16O6. The molecule has 136 valence electrons. The van der Waals surface area contributed by atoms with Crippen molar-refractivity contribution in [3.63, 3.8) is 0 Å². The number of hydrogen-bond donors (Lipinski definition) is 0. The number of fused-ring (bicyclic) bond motifs is 1. The van der Waals surface area contributed by atoms with Crippen molar-refractivity contribution in [1.29, 1.82) is 0 Å². The van der Waals surface area contributed by atoms with Crippen LogP contribution in [0.5, 0.6) is 0 Å². The molecule has 0 radical (unpaired) electrons. The fraction of sp³-hybridized carbons (Fsp3) is 0.238. The van der Waals surface area contributed by atoms with Crippen molar-refractivity contribution in [2.75, 3.05) is 0 Å². The van der Waals surface area contributed by atoms with Gasteiger partial charge in [0.2, 0.25) is 0 Å². The molecule has 1 saturated carbocycles. The van der Waals surface area contributed by atoms with Gasteiger partial charge in [-0.05, 0) is 0 Å². The van der Waals surface area contributed by atoms with Crippen molar-refractivity contribution in [3.8, 4) is 0 Å². The van der Waals surface area contributed by atoms with Crippen LogP contribution in [-0.2, 0) is 29.5 Å². The van der Waals surface area contributed by atoms with Gasteiger partial charge >= 0.3 is 11.9 Å². The van der Waals surface area contributed by atoms with E-state index < -0.39 is 40.6 Å². The number of ketones is 2. The van der Waals surface area contributed by atoms with Gasteiger partial charge < -0.3 is 9.47 Å². The van der Waals surface area contributed by atoms with E-state index in [1.165, 1.54) is 6.92 Å². The first-order valence-electron chi connectivity index (χ1n) is 8.54. The van der Waals surface area contributed by atoms with E-state index in [2.05, 4.69) is 0 Å². The highest BCUT2D eigenvalue weighted by Crippen LogP contribution is 2.65. The Morgan fingerprint density at radius 2 is 1.59 bits per heavy atom. The van der Waals surface area contributed by atoms with Crippen LogP contribution in [0.1, 0.15) is 29.3 Å². The van der Waals surface area contributed by atoms with Gasteiger partial charge in [0, 0.05) is 24.5 Å². The largest absolute Gasteiger partial charge is 0.458 e. The molecule has 2 aromatic carbocycles. The number of hydrogen-bond acceptors (Lipinski definition) is 6. The second-order valence-corrected chi connectivity index (χ2v) is 6.72. The minimum Gasteiger partial charge on any atom is -0.458 e. The lowest BCUT2D eigenvalue weighted by atomic mass is 9.49. The molecule has 0 aromatic heterocycles. The Labute approximate surface area is 155 Å². The Bertz CT molecular complexity index is 951. The van der Waals surface area contributed by atoms with Crippen LogP contribution in [-0.4, -0.2) is 29.6 Å². The lowest BCUT2D eigenvalue weighted by Gasteiger charge is -2.54. The van der Waals surface area contributed by atoms with Gasteiger partial charge in [0.05, 0.1) is 0 Å². The van der Waals surface area contributed by atoms with Crippen molar-refractivity contribution < 1.29 is 28.7 Å². The van der Waals surface area contributed by atoms with E-state index in [1.54, 1.807) is 60.7 Å². The predicted octanol–water partition coefficient (Wildman–Crippen LogP) is 2.21. The van der Waals surface area contributed by atoms with Crippen molar-refractivity contribution in [2.24, 2.45) is 5.41 Å². The molecule has 0 unspecified atom stereocenters. The standard InChI is InChI=1S/C21H16O6/c1-13(22)26-16-12-20(17(23)14-8-4-2-5-9-14)18(24)19(25)27-21(16,20)15-10-6-3-7-11-15/h2-11,16H,12H2,1H3/t16-,20+,21-/m1/s1. The molecule has 0 N–H and O–H groups in total. The van der Waals surface area contributed by atoms with Crippen LogP contribution in [0.4, 0.5) is 0 Å². The third kappa shape index (κ3) is 2.13. The van der Waals surface area contributed by atoms with E-state index in [-0.39, 0.29) is 6.42 Å². The summed E-state index contributed by atoms with van der Waals surface area (Å²) in [4.78, 5) is 50.2. The molecule has 2 aromatic rings. The van der Waals surface area contributed by atoms with Crippen molar-refractivity contribution >= 4 is 23.5 Å². The molecule has 1 aliphatic heterocycles. The molecule has 0 amide bonds. The van der Waals surface area contributed by atoms with Gasteiger partial charge in [0.25, 0.3) is 5.78 Å². The number of esters is 2. The van der Waals surface area contributed by atoms with Crippen LogP contribution in [0, 0.1) is 5.41 Å². The van der Waals surface area contributed by atoms with Crippen molar-refractivity contribution in [2.45, 2.75) is 25.0 Å². The van der Waals surface area contributed by atoms with Gasteiger partial charge in [0.15, 0.2) is 16.8 Å². The topological polar surface area (TPSA) is 86.7 Å². The zero-order valence-electron chi connectivity index (χ0n) is 14.5. The van der Waals surface area contributed by atoms with Gasteiger partial charge in [-0.15, -0.1) is 0 Å². The van der Waals surface area contributed by atoms with E-state index in [0.29, 0.717) is 11.1 Å². The van der Waals surface area contributed by atoms with Crippen LogP contribution in [0.2, 0.25) is 0 Å². The number of benzene rings is 2. The van der Waals surface area contributed by atoms with E-state index in [4.69, 9.17) is 9.47 Å². The molecule has 4 rings (SSSR count). The van der Waals surface area contributed by atoms with Gasteiger partial charge in [-0.25, -0.2) is 4.79 Å². The van der Waals surface area contributed by atoms with Gasteiger partial charge in [-0.3, -0.25) is 14.4 Å². The smallest absolute Gasteiger partial charge is 0.376 e. The number of rotatable bonds is 4. The molecular weight excluding hydrogens is 348 g/mol. The number of ether oxygens (including phenoxy) is 2. The second kappa shape index (κ2) is 5.87. The van der Waals surface area contributed by atoms with E-state index in [9.17, 15) is 19.2 Å². The zero-order chi connectivity index (χ0) is 19.2. The lowest BCUT2D eigenvalue weighted by molar-refractivity contribution is -0.227. The Balaban J connectivity index is 1.92. The third-order valence-electron chi connectivity index (χ3n) is 5.34. The molecule has 27 heavy (non-hydrogen) atoms. The molecule has 3 atom stereocenters. The van der Waals surface area contributed by atoms with E-state index in [0.717, 1.165) is 0 Å². The summed E-state index contributed by atoms with van der Waals surface area (Å²) in [5.41, 5.74) is -2.65. The summed E-state index contributed by atoms with van der Waals surface area (Å²) in [5.74, 6) is -3.07. The highest BCUT2D eigenvalue weighted by molar-refractivity contribution is 6.45. The van der Waals surface area contributed by atoms with Crippen LogP contribution in [0.15, 0.2) is 60.7 Å². The molecule has 6 heteroatoms. The summed E-state index contributed by atoms with van der Waals surface area (Å²) in [6.07, 6.45) is -1.01. The molecule has 1 aliphatic carbocycles. The number of Topliss-reactive ketones (excluding diaryl/α,β-unsaturated/α-hetero) is 2. The average Bonchev–Trinajstić information content (AvgIpc) is 2.85. The van der Waals surface area contributed by atoms with E-state index >= 15 is 0 Å². The summed E-state index contributed by atoms with van der Waals surface area (Å²) in [7, 11) is 0. The Kier molecular flexibility index (Phi) is 3.73. The van der Waals surface area contributed by atoms with Crippen LogP contribution >= 0.6 is 0 Å². The third-order valence-corrected chi connectivity index (χ3v) is 5.34. The second-order valence-electron chi connectivity index (χ2n) is 6.72. The molecule has 1 saturated heterocycles. The van der Waals surface area contributed by atoms with Crippen LogP contribution < -0.4 is 0 Å². The van der Waals surface area contributed by atoms with Gasteiger partial charge in [0.1, 0.15) is 6.10 Å². The highest BCUT2D eigenvalue weighted by atomic mass is 16.6. The predicted molar refractivity (Wildman–Crippen MR) is 92.6 cm³/mol.